The smallest absolute Gasteiger partial charge is 0.292 e. The second kappa shape index (κ2) is 4.46. The number of benzene rings is 1. The number of hydrogen-bond donors (Lipinski definition) is 2. The molecule has 0 bridgehead atoms. The van der Waals surface area contributed by atoms with Crippen LogP contribution in [0.2, 0.25) is 0 Å². The average molecular weight is 249 g/mol. The average Bonchev–Trinajstić information content (AvgIpc) is 2.67. The Labute approximate surface area is 102 Å². The van der Waals surface area contributed by atoms with Gasteiger partial charge in [-0.05, 0) is 13.0 Å². The van der Waals surface area contributed by atoms with E-state index >= 15 is 0 Å². The van der Waals surface area contributed by atoms with Crippen molar-refractivity contribution in [2.45, 2.75) is 13.0 Å². The van der Waals surface area contributed by atoms with E-state index in [0.717, 1.165) is 0 Å². The zero-order chi connectivity index (χ0) is 13.3. The van der Waals surface area contributed by atoms with E-state index in [-0.39, 0.29) is 23.0 Å². The van der Waals surface area contributed by atoms with Crippen LogP contribution < -0.4 is 5.73 Å². The third-order valence-electron chi connectivity index (χ3n) is 2.53. The summed E-state index contributed by atoms with van der Waals surface area (Å²) in [4.78, 5) is 14.1. The maximum absolute atomic E-state index is 10.9. The molecule has 18 heavy (non-hydrogen) atoms. The molecule has 7 nitrogen and oxygen atoms in total. The number of nitrogens with zero attached hydrogens (tertiary/aromatic N) is 2. The summed E-state index contributed by atoms with van der Waals surface area (Å²) in [5.41, 5.74) is 5.73. The number of aliphatic hydroxyl groups is 1. The van der Waals surface area contributed by atoms with Gasteiger partial charge in [0.05, 0.1) is 16.2 Å². The standard InChI is InChI=1S/C11H11N3O4/c1-6-10(18-11(12)13-6)9(15)7-4-2-3-5-8(7)14(16)17/h2-5,9,15H,1H3,(H2,12,13). The fourth-order valence-electron chi connectivity index (χ4n) is 1.71. The van der Waals surface area contributed by atoms with E-state index in [2.05, 4.69) is 4.98 Å². The van der Waals surface area contributed by atoms with E-state index < -0.39 is 11.0 Å². The van der Waals surface area contributed by atoms with Gasteiger partial charge in [-0.1, -0.05) is 12.1 Å². The van der Waals surface area contributed by atoms with Gasteiger partial charge in [0.1, 0.15) is 6.10 Å². The minimum absolute atomic E-state index is 0.0832. The molecule has 2 aromatic rings. The minimum Gasteiger partial charge on any atom is -0.425 e. The van der Waals surface area contributed by atoms with Crippen molar-refractivity contribution in [2.75, 3.05) is 5.73 Å². The molecule has 0 aliphatic rings. The number of hydrogen-bond acceptors (Lipinski definition) is 6. The molecule has 1 aromatic carbocycles. The van der Waals surface area contributed by atoms with Crippen LogP contribution in [0, 0.1) is 17.0 Å². The first kappa shape index (κ1) is 12.1. The van der Waals surface area contributed by atoms with Crippen molar-refractivity contribution in [3.05, 3.63) is 51.4 Å². The molecule has 0 aliphatic carbocycles. The van der Waals surface area contributed by atoms with E-state index in [4.69, 9.17) is 10.2 Å². The van der Waals surface area contributed by atoms with Crippen molar-refractivity contribution in [1.29, 1.82) is 0 Å². The van der Waals surface area contributed by atoms with Gasteiger partial charge in [-0.15, -0.1) is 0 Å². The van der Waals surface area contributed by atoms with E-state index in [1.165, 1.54) is 18.2 Å². The van der Waals surface area contributed by atoms with E-state index in [1.807, 2.05) is 0 Å². The van der Waals surface area contributed by atoms with Crippen LogP contribution in [0.4, 0.5) is 11.7 Å². The lowest BCUT2D eigenvalue weighted by Crippen LogP contribution is -2.04. The monoisotopic (exact) mass is 249 g/mol. The van der Waals surface area contributed by atoms with Crippen molar-refractivity contribution >= 4 is 11.7 Å². The third kappa shape index (κ3) is 2.03. The molecule has 0 saturated carbocycles. The van der Waals surface area contributed by atoms with Crippen molar-refractivity contribution in [2.24, 2.45) is 0 Å². The molecule has 0 spiro atoms. The second-order valence-electron chi connectivity index (χ2n) is 3.72. The number of anilines is 1. The highest BCUT2D eigenvalue weighted by Crippen LogP contribution is 2.31. The molecule has 3 N–H and O–H groups in total. The van der Waals surface area contributed by atoms with Crippen LogP contribution in [0.25, 0.3) is 0 Å². The Balaban J connectivity index is 2.49. The number of aliphatic hydroxyl groups excluding tert-OH is 1. The zero-order valence-electron chi connectivity index (χ0n) is 9.53. The lowest BCUT2D eigenvalue weighted by Gasteiger charge is -2.08. The Morgan fingerprint density at radius 1 is 1.50 bits per heavy atom. The van der Waals surface area contributed by atoms with Gasteiger partial charge in [0, 0.05) is 6.07 Å². The number of aryl methyl sites for hydroxylation is 1. The molecule has 0 amide bonds. The molecular formula is C11H11N3O4. The number of nitrogen functional groups attached to an aromatic ring is 1. The summed E-state index contributed by atoms with van der Waals surface area (Å²) in [7, 11) is 0. The minimum atomic E-state index is -1.27. The van der Waals surface area contributed by atoms with E-state index in [1.54, 1.807) is 13.0 Å². The van der Waals surface area contributed by atoms with Crippen molar-refractivity contribution < 1.29 is 14.4 Å². The highest BCUT2D eigenvalue weighted by molar-refractivity contribution is 5.44. The molecule has 1 unspecified atom stereocenters. The molecule has 0 aliphatic heterocycles. The molecule has 0 saturated heterocycles. The van der Waals surface area contributed by atoms with Crippen molar-refractivity contribution in [1.82, 2.24) is 4.98 Å². The van der Waals surface area contributed by atoms with Gasteiger partial charge in [0.2, 0.25) is 0 Å². The molecule has 94 valence electrons. The van der Waals surface area contributed by atoms with Crippen molar-refractivity contribution in [3.8, 4) is 0 Å². The SMILES string of the molecule is Cc1nc(N)oc1C(O)c1ccccc1[N+](=O)[O-]. The van der Waals surface area contributed by atoms with Gasteiger partial charge in [-0.3, -0.25) is 10.1 Å². The van der Waals surface area contributed by atoms with Gasteiger partial charge >= 0.3 is 0 Å². The van der Waals surface area contributed by atoms with Gasteiger partial charge < -0.3 is 15.3 Å². The van der Waals surface area contributed by atoms with Crippen LogP contribution in [0.15, 0.2) is 28.7 Å². The lowest BCUT2D eigenvalue weighted by molar-refractivity contribution is -0.386. The Morgan fingerprint density at radius 2 is 2.17 bits per heavy atom. The number of nitro groups is 1. The molecule has 1 atom stereocenters. The molecule has 1 heterocycles. The Kier molecular flexibility index (Phi) is 2.99. The molecule has 1 aromatic heterocycles. The highest BCUT2D eigenvalue weighted by atomic mass is 16.6. The number of aromatic nitrogens is 1. The molecule has 2 rings (SSSR count). The predicted octanol–water partition coefficient (Wildman–Crippen LogP) is 1.56. The zero-order valence-corrected chi connectivity index (χ0v) is 9.53. The van der Waals surface area contributed by atoms with E-state index in [0.29, 0.717) is 5.69 Å². The molecular weight excluding hydrogens is 238 g/mol. The van der Waals surface area contributed by atoms with Crippen LogP contribution in [0.5, 0.6) is 0 Å². The maximum Gasteiger partial charge on any atom is 0.292 e. The van der Waals surface area contributed by atoms with Gasteiger partial charge in [0.25, 0.3) is 11.7 Å². The van der Waals surface area contributed by atoms with Crippen LogP contribution in [-0.4, -0.2) is 15.0 Å². The van der Waals surface area contributed by atoms with E-state index in [9.17, 15) is 15.2 Å². The summed E-state index contributed by atoms with van der Waals surface area (Å²) in [5.74, 6) is 0.113. The number of nitrogens with two attached hydrogens (primary N) is 1. The molecule has 0 radical (unpaired) electrons. The van der Waals surface area contributed by atoms with Gasteiger partial charge in [-0.2, -0.15) is 4.98 Å². The number of rotatable bonds is 3. The van der Waals surface area contributed by atoms with Crippen LogP contribution in [0.3, 0.4) is 0 Å². The maximum atomic E-state index is 10.9. The topological polar surface area (TPSA) is 115 Å². The number of oxazole rings is 1. The largest absolute Gasteiger partial charge is 0.425 e. The predicted molar refractivity (Wildman–Crippen MR) is 62.8 cm³/mol. The van der Waals surface area contributed by atoms with Gasteiger partial charge in [-0.25, -0.2) is 0 Å². The molecule has 0 fully saturated rings. The Hall–Kier alpha value is -2.41. The number of para-hydroxylation sites is 1. The summed E-state index contributed by atoms with van der Waals surface area (Å²) in [6.45, 7) is 1.60. The summed E-state index contributed by atoms with van der Waals surface area (Å²) >= 11 is 0. The first-order valence-electron chi connectivity index (χ1n) is 5.15. The fraction of sp³-hybridized carbons (Fsp3) is 0.182. The normalized spacial score (nSPS) is 12.3. The van der Waals surface area contributed by atoms with Crippen LogP contribution in [-0.2, 0) is 0 Å². The Morgan fingerprint density at radius 3 is 2.72 bits per heavy atom. The summed E-state index contributed by atoms with van der Waals surface area (Å²) < 4.78 is 5.06. The quantitative estimate of drug-likeness (QED) is 0.629. The fourth-order valence-corrected chi connectivity index (χ4v) is 1.71. The third-order valence-corrected chi connectivity index (χ3v) is 2.53. The Bertz CT molecular complexity index is 594. The first-order valence-corrected chi connectivity index (χ1v) is 5.15. The summed E-state index contributed by atoms with van der Waals surface area (Å²) in [6, 6.07) is 5.81. The first-order chi connectivity index (χ1) is 8.50. The second-order valence-corrected chi connectivity index (χ2v) is 3.72. The molecule has 7 heteroatoms. The number of nitro benzene ring substituents is 1. The lowest BCUT2D eigenvalue weighted by atomic mass is 10.0. The van der Waals surface area contributed by atoms with Crippen LogP contribution >= 0.6 is 0 Å². The highest BCUT2D eigenvalue weighted by Gasteiger charge is 2.25. The summed E-state index contributed by atoms with van der Waals surface area (Å²) in [5, 5.41) is 21.0. The van der Waals surface area contributed by atoms with Crippen LogP contribution in [0.1, 0.15) is 23.1 Å². The van der Waals surface area contributed by atoms with Gasteiger partial charge in [0.15, 0.2) is 5.76 Å². The van der Waals surface area contributed by atoms with Crippen molar-refractivity contribution in [3.63, 3.8) is 0 Å². The summed E-state index contributed by atoms with van der Waals surface area (Å²) in [6.07, 6.45) is -1.27.